The molecule has 1 N–H and O–H groups in total. The maximum absolute atomic E-state index is 3.62. The Morgan fingerprint density at radius 1 is 1.00 bits per heavy atom. The SMILES string of the molecule is CC(C)NCC1CCCCN1CCCN1CCCC1. The molecule has 2 aliphatic heterocycles. The predicted molar refractivity (Wildman–Crippen MR) is 82.6 cm³/mol. The Morgan fingerprint density at radius 3 is 2.47 bits per heavy atom. The van der Waals surface area contributed by atoms with Gasteiger partial charge in [0.25, 0.3) is 0 Å². The Balaban J connectivity index is 1.66. The molecule has 1 atom stereocenters. The molecule has 3 nitrogen and oxygen atoms in total. The van der Waals surface area contributed by atoms with Gasteiger partial charge in [0.15, 0.2) is 0 Å². The summed E-state index contributed by atoms with van der Waals surface area (Å²) in [5, 5.41) is 3.62. The fourth-order valence-electron chi connectivity index (χ4n) is 3.46. The Labute approximate surface area is 119 Å². The van der Waals surface area contributed by atoms with Crippen molar-refractivity contribution in [3.8, 4) is 0 Å². The number of hydrogen-bond acceptors (Lipinski definition) is 3. The minimum Gasteiger partial charge on any atom is -0.313 e. The van der Waals surface area contributed by atoms with E-state index in [1.807, 2.05) is 0 Å². The molecule has 2 heterocycles. The lowest BCUT2D eigenvalue weighted by atomic mass is 10.0. The summed E-state index contributed by atoms with van der Waals surface area (Å²) in [4.78, 5) is 5.39. The lowest BCUT2D eigenvalue weighted by molar-refractivity contribution is 0.136. The van der Waals surface area contributed by atoms with E-state index in [0.29, 0.717) is 6.04 Å². The zero-order chi connectivity index (χ0) is 13.5. The number of nitrogens with one attached hydrogen (secondary N) is 1. The van der Waals surface area contributed by atoms with Crippen LogP contribution >= 0.6 is 0 Å². The van der Waals surface area contributed by atoms with Crippen molar-refractivity contribution in [2.45, 2.75) is 64.5 Å². The minimum absolute atomic E-state index is 0.619. The van der Waals surface area contributed by atoms with Crippen molar-refractivity contribution in [2.75, 3.05) is 39.3 Å². The molecule has 2 rings (SSSR count). The first kappa shape index (κ1) is 15.3. The van der Waals surface area contributed by atoms with Gasteiger partial charge >= 0.3 is 0 Å². The molecule has 0 aromatic heterocycles. The molecule has 2 fully saturated rings. The van der Waals surface area contributed by atoms with E-state index in [9.17, 15) is 0 Å². The summed E-state index contributed by atoms with van der Waals surface area (Å²) < 4.78 is 0. The highest BCUT2D eigenvalue weighted by Crippen LogP contribution is 2.17. The molecular formula is C16H33N3. The third kappa shape index (κ3) is 5.41. The number of hydrogen-bond donors (Lipinski definition) is 1. The van der Waals surface area contributed by atoms with Crippen LogP contribution in [0.1, 0.15) is 52.4 Å². The van der Waals surface area contributed by atoms with Crippen LogP contribution in [0.5, 0.6) is 0 Å². The average Bonchev–Trinajstić information content (AvgIpc) is 2.91. The van der Waals surface area contributed by atoms with Crippen molar-refractivity contribution in [2.24, 2.45) is 0 Å². The highest BCUT2D eigenvalue weighted by molar-refractivity contribution is 4.80. The molecule has 1 unspecified atom stereocenters. The van der Waals surface area contributed by atoms with Crippen molar-refractivity contribution in [1.82, 2.24) is 15.1 Å². The highest BCUT2D eigenvalue weighted by atomic mass is 15.2. The van der Waals surface area contributed by atoms with Crippen LogP contribution in [0.2, 0.25) is 0 Å². The Kier molecular flexibility index (Phi) is 6.62. The van der Waals surface area contributed by atoms with Gasteiger partial charge < -0.3 is 10.2 Å². The molecule has 2 saturated heterocycles. The monoisotopic (exact) mass is 267 g/mol. The summed E-state index contributed by atoms with van der Waals surface area (Å²) in [6, 6.07) is 1.41. The fourth-order valence-corrected chi connectivity index (χ4v) is 3.46. The largest absolute Gasteiger partial charge is 0.313 e. The van der Waals surface area contributed by atoms with Crippen LogP contribution < -0.4 is 5.32 Å². The van der Waals surface area contributed by atoms with Gasteiger partial charge in [-0.1, -0.05) is 20.3 Å². The normalized spacial score (nSPS) is 26.4. The molecule has 0 spiro atoms. The molecule has 0 amide bonds. The standard InChI is InChI=1S/C16H33N3/c1-15(2)17-14-16-8-3-4-12-19(16)13-7-11-18-9-5-6-10-18/h15-17H,3-14H2,1-2H3. The van der Waals surface area contributed by atoms with Gasteiger partial charge in [-0.05, 0) is 64.8 Å². The molecule has 3 heteroatoms. The summed E-state index contributed by atoms with van der Waals surface area (Å²) in [6.45, 7) is 12.3. The van der Waals surface area contributed by atoms with Gasteiger partial charge in [-0.15, -0.1) is 0 Å². The number of nitrogens with zero attached hydrogens (tertiary/aromatic N) is 2. The van der Waals surface area contributed by atoms with Crippen molar-refractivity contribution in [1.29, 1.82) is 0 Å². The van der Waals surface area contributed by atoms with Crippen LogP contribution in [0.4, 0.5) is 0 Å². The molecule has 0 aromatic carbocycles. The Hall–Kier alpha value is -0.120. The molecule has 0 radical (unpaired) electrons. The van der Waals surface area contributed by atoms with Gasteiger partial charge in [0.2, 0.25) is 0 Å². The highest BCUT2D eigenvalue weighted by Gasteiger charge is 2.22. The summed E-state index contributed by atoms with van der Waals surface area (Å²) >= 11 is 0. The zero-order valence-corrected chi connectivity index (χ0v) is 13.0. The van der Waals surface area contributed by atoms with E-state index in [4.69, 9.17) is 0 Å². The van der Waals surface area contributed by atoms with E-state index in [2.05, 4.69) is 29.0 Å². The molecule has 112 valence electrons. The molecular weight excluding hydrogens is 234 g/mol. The Morgan fingerprint density at radius 2 is 1.74 bits per heavy atom. The van der Waals surface area contributed by atoms with Crippen LogP contribution in [0.3, 0.4) is 0 Å². The number of likely N-dealkylation sites (tertiary alicyclic amines) is 2. The summed E-state index contributed by atoms with van der Waals surface area (Å²) in [6.07, 6.45) is 8.42. The Bertz CT molecular complexity index is 236. The number of rotatable bonds is 7. The topological polar surface area (TPSA) is 18.5 Å². The van der Waals surface area contributed by atoms with E-state index < -0.39 is 0 Å². The third-order valence-corrected chi connectivity index (χ3v) is 4.63. The summed E-state index contributed by atoms with van der Waals surface area (Å²) in [7, 11) is 0. The molecule has 0 aromatic rings. The molecule has 0 aliphatic carbocycles. The quantitative estimate of drug-likeness (QED) is 0.764. The second-order valence-corrected chi connectivity index (χ2v) is 6.65. The maximum atomic E-state index is 3.62. The van der Waals surface area contributed by atoms with Gasteiger partial charge in [-0.3, -0.25) is 4.90 Å². The van der Waals surface area contributed by atoms with Gasteiger partial charge in [0.1, 0.15) is 0 Å². The first-order chi connectivity index (χ1) is 9.25. The van der Waals surface area contributed by atoms with Crippen LogP contribution in [0, 0.1) is 0 Å². The van der Waals surface area contributed by atoms with Gasteiger partial charge in [0.05, 0.1) is 0 Å². The first-order valence-electron chi connectivity index (χ1n) is 8.45. The van der Waals surface area contributed by atoms with Crippen LogP contribution in [0.25, 0.3) is 0 Å². The molecule has 0 saturated carbocycles. The number of piperidine rings is 1. The predicted octanol–water partition coefficient (Wildman–Crippen LogP) is 2.32. The smallest absolute Gasteiger partial charge is 0.0220 e. The average molecular weight is 267 g/mol. The van der Waals surface area contributed by atoms with Crippen molar-refractivity contribution < 1.29 is 0 Å². The van der Waals surface area contributed by atoms with E-state index >= 15 is 0 Å². The van der Waals surface area contributed by atoms with E-state index in [1.54, 1.807) is 0 Å². The van der Waals surface area contributed by atoms with Gasteiger partial charge in [-0.2, -0.15) is 0 Å². The zero-order valence-electron chi connectivity index (χ0n) is 13.0. The van der Waals surface area contributed by atoms with E-state index in [1.165, 1.54) is 77.8 Å². The first-order valence-corrected chi connectivity index (χ1v) is 8.45. The van der Waals surface area contributed by atoms with Gasteiger partial charge in [-0.25, -0.2) is 0 Å². The second-order valence-electron chi connectivity index (χ2n) is 6.65. The lowest BCUT2D eigenvalue weighted by Crippen LogP contribution is -2.47. The lowest BCUT2D eigenvalue weighted by Gasteiger charge is -2.36. The van der Waals surface area contributed by atoms with Crippen LogP contribution in [0.15, 0.2) is 0 Å². The van der Waals surface area contributed by atoms with Crippen molar-refractivity contribution >= 4 is 0 Å². The van der Waals surface area contributed by atoms with Crippen molar-refractivity contribution in [3.05, 3.63) is 0 Å². The van der Waals surface area contributed by atoms with Crippen molar-refractivity contribution in [3.63, 3.8) is 0 Å². The summed E-state index contributed by atoms with van der Waals surface area (Å²) in [5.41, 5.74) is 0. The molecule has 0 bridgehead atoms. The van der Waals surface area contributed by atoms with E-state index in [-0.39, 0.29) is 0 Å². The van der Waals surface area contributed by atoms with Crippen LogP contribution in [-0.4, -0.2) is 61.2 Å². The third-order valence-electron chi connectivity index (χ3n) is 4.63. The fraction of sp³-hybridized carbons (Fsp3) is 1.00. The van der Waals surface area contributed by atoms with E-state index in [0.717, 1.165) is 6.04 Å². The maximum Gasteiger partial charge on any atom is 0.0220 e. The second kappa shape index (κ2) is 8.23. The van der Waals surface area contributed by atoms with Crippen LogP contribution in [-0.2, 0) is 0 Å². The molecule has 19 heavy (non-hydrogen) atoms. The molecule has 2 aliphatic rings. The minimum atomic E-state index is 0.619. The summed E-state index contributed by atoms with van der Waals surface area (Å²) in [5.74, 6) is 0. The van der Waals surface area contributed by atoms with Gasteiger partial charge in [0, 0.05) is 18.6 Å².